The fourth-order valence-electron chi connectivity index (χ4n) is 1.19. The Bertz CT molecular complexity index is 282. The molecule has 1 aliphatic rings. The fraction of sp³-hybridized carbons (Fsp3) is 0.600. The minimum atomic E-state index is 0.636. The fourth-order valence-corrected chi connectivity index (χ4v) is 1.19. The summed E-state index contributed by atoms with van der Waals surface area (Å²) in [6, 6.07) is 3.81. The van der Waals surface area contributed by atoms with E-state index in [9.17, 15) is 0 Å². The van der Waals surface area contributed by atoms with E-state index in [1.807, 2.05) is 19.2 Å². The highest BCUT2D eigenvalue weighted by molar-refractivity contribution is 5.11. The van der Waals surface area contributed by atoms with E-state index in [1.165, 1.54) is 12.8 Å². The molecule has 0 radical (unpaired) electrons. The molecule has 0 spiro atoms. The van der Waals surface area contributed by atoms with Crippen LogP contribution in [0.25, 0.3) is 0 Å². The summed E-state index contributed by atoms with van der Waals surface area (Å²) in [5, 5.41) is 11.0. The molecule has 0 aromatic carbocycles. The molecule has 1 aromatic heterocycles. The maximum Gasteiger partial charge on any atom is 0.233 e. The molecule has 14 heavy (non-hydrogen) atoms. The quantitative estimate of drug-likeness (QED) is 0.757. The number of aromatic nitrogens is 2. The van der Waals surface area contributed by atoms with E-state index in [2.05, 4.69) is 15.5 Å². The molecule has 1 aromatic rings. The van der Waals surface area contributed by atoms with Crippen molar-refractivity contribution in [3.63, 3.8) is 0 Å². The van der Waals surface area contributed by atoms with Gasteiger partial charge >= 0.3 is 0 Å². The van der Waals surface area contributed by atoms with Gasteiger partial charge in [-0.05, 0) is 31.9 Å². The van der Waals surface area contributed by atoms with Crippen LogP contribution in [0.5, 0.6) is 5.88 Å². The Kier molecular flexibility index (Phi) is 2.93. The molecule has 1 saturated carbocycles. The molecule has 4 nitrogen and oxygen atoms in total. The zero-order valence-electron chi connectivity index (χ0n) is 8.36. The highest BCUT2D eigenvalue weighted by atomic mass is 16.5. The summed E-state index contributed by atoms with van der Waals surface area (Å²) >= 11 is 0. The predicted octanol–water partition coefficient (Wildman–Crippen LogP) is 0.985. The van der Waals surface area contributed by atoms with Crippen LogP contribution in [0.15, 0.2) is 12.1 Å². The molecule has 0 amide bonds. The van der Waals surface area contributed by atoms with Gasteiger partial charge in [0.1, 0.15) is 0 Å². The second kappa shape index (κ2) is 4.37. The summed E-state index contributed by atoms with van der Waals surface area (Å²) in [6.07, 6.45) is 2.59. The van der Waals surface area contributed by atoms with E-state index >= 15 is 0 Å². The number of ether oxygens (including phenoxy) is 1. The molecular weight excluding hydrogens is 178 g/mol. The summed E-state index contributed by atoms with van der Waals surface area (Å²) in [6.45, 7) is 1.54. The lowest BCUT2D eigenvalue weighted by molar-refractivity contribution is 0.284. The molecule has 1 N–H and O–H groups in total. The van der Waals surface area contributed by atoms with Crippen LogP contribution in [0, 0.1) is 5.92 Å². The minimum Gasteiger partial charge on any atom is -0.476 e. The monoisotopic (exact) mass is 193 g/mol. The third-order valence-corrected chi connectivity index (χ3v) is 2.22. The first-order chi connectivity index (χ1) is 6.88. The zero-order valence-corrected chi connectivity index (χ0v) is 8.36. The number of rotatable bonds is 5. The molecule has 1 aliphatic carbocycles. The first-order valence-corrected chi connectivity index (χ1v) is 4.98. The molecular formula is C10H15N3O. The smallest absolute Gasteiger partial charge is 0.233 e. The van der Waals surface area contributed by atoms with Crippen molar-refractivity contribution in [3.8, 4) is 5.88 Å². The lowest BCUT2D eigenvalue weighted by atomic mass is 10.4. The third-order valence-electron chi connectivity index (χ3n) is 2.22. The van der Waals surface area contributed by atoms with Crippen LogP contribution in [0.1, 0.15) is 18.5 Å². The zero-order chi connectivity index (χ0) is 9.80. The van der Waals surface area contributed by atoms with Crippen molar-refractivity contribution in [1.29, 1.82) is 0 Å². The highest BCUT2D eigenvalue weighted by Crippen LogP contribution is 2.29. The molecule has 76 valence electrons. The van der Waals surface area contributed by atoms with Crippen molar-refractivity contribution < 1.29 is 4.74 Å². The van der Waals surface area contributed by atoms with E-state index in [0.717, 1.165) is 24.8 Å². The summed E-state index contributed by atoms with van der Waals surface area (Å²) in [4.78, 5) is 0. The summed E-state index contributed by atoms with van der Waals surface area (Å²) in [7, 11) is 1.89. The topological polar surface area (TPSA) is 47.0 Å². The van der Waals surface area contributed by atoms with Crippen molar-refractivity contribution in [3.05, 3.63) is 17.8 Å². The second-order valence-electron chi connectivity index (χ2n) is 3.65. The molecule has 0 aliphatic heterocycles. The van der Waals surface area contributed by atoms with Gasteiger partial charge in [0.05, 0.1) is 12.3 Å². The molecule has 1 heterocycles. The number of nitrogens with one attached hydrogen (secondary N) is 1. The Hall–Kier alpha value is -1.16. The number of nitrogens with zero attached hydrogens (tertiary/aromatic N) is 2. The van der Waals surface area contributed by atoms with Gasteiger partial charge in [-0.1, -0.05) is 0 Å². The SMILES string of the molecule is CNCc1ccc(OCC2CC2)nn1. The van der Waals surface area contributed by atoms with Gasteiger partial charge in [-0.2, -0.15) is 5.10 Å². The van der Waals surface area contributed by atoms with Crippen LogP contribution in [-0.4, -0.2) is 23.9 Å². The summed E-state index contributed by atoms with van der Waals surface area (Å²) in [5.41, 5.74) is 0.936. The Labute approximate surface area is 83.7 Å². The largest absolute Gasteiger partial charge is 0.476 e. The molecule has 0 atom stereocenters. The lowest BCUT2D eigenvalue weighted by Crippen LogP contribution is -2.08. The van der Waals surface area contributed by atoms with Crippen molar-refractivity contribution in [1.82, 2.24) is 15.5 Å². The lowest BCUT2D eigenvalue weighted by Gasteiger charge is -2.03. The van der Waals surface area contributed by atoms with Crippen LogP contribution in [0.3, 0.4) is 0 Å². The first kappa shape index (κ1) is 9.40. The predicted molar refractivity (Wildman–Crippen MR) is 53.0 cm³/mol. The van der Waals surface area contributed by atoms with Gasteiger partial charge in [-0.15, -0.1) is 5.10 Å². The average molecular weight is 193 g/mol. The van der Waals surface area contributed by atoms with Gasteiger partial charge in [0.15, 0.2) is 0 Å². The molecule has 2 rings (SSSR count). The Morgan fingerprint density at radius 3 is 2.86 bits per heavy atom. The average Bonchev–Trinajstić information content (AvgIpc) is 3.01. The van der Waals surface area contributed by atoms with E-state index in [1.54, 1.807) is 0 Å². The van der Waals surface area contributed by atoms with Gasteiger partial charge in [-0.25, -0.2) is 0 Å². The van der Waals surface area contributed by atoms with Gasteiger partial charge in [0.25, 0.3) is 0 Å². The molecule has 1 fully saturated rings. The summed E-state index contributed by atoms with van der Waals surface area (Å²) in [5.74, 6) is 1.39. The Morgan fingerprint density at radius 1 is 1.43 bits per heavy atom. The van der Waals surface area contributed by atoms with Gasteiger partial charge in [0, 0.05) is 12.6 Å². The molecule has 0 bridgehead atoms. The maximum absolute atomic E-state index is 5.47. The second-order valence-corrected chi connectivity index (χ2v) is 3.65. The standard InChI is InChI=1S/C10H15N3O/c1-11-6-9-4-5-10(13-12-9)14-7-8-2-3-8/h4-5,8,11H,2-3,6-7H2,1H3. The van der Waals surface area contributed by atoms with Crippen molar-refractivity contribution >= 4 is 0 Å². The van der Waals surface area contributed by atoms with Crippen molar-refractivity contribution in [2.45, 2.75) is 19.4 Å². The van der Waals surface area contributed by atoms with Gasteiger partial charge < -0.3 is 10.1 Å². The maximum atomic E-state index is 5.47. The van der Waals surface area contributed by atoms with Crippen LogP contribution in [0.4, 0.5) is 0 Å². The minimum absolute atomic E-state index is 0.636. The van der Waals surface area contributed by atoms with Crippen molar-refractivity contribution in [2.75, 3.05) is 13.7 Å². The van der Waals surface area contributed by atoms with Gasteiger partial charge in [0.2, 0.25) is 5.88 Å². The van der Waals surface area contributed by atoms with Crippen LogP contribution >= 0.6 is 0 Å². The molecule has 4 heteroatoms. The normalized spacial score (nSPS) is 15.5. The van der Waals surface area contributed by atoms with E-state index < -0.39 is 0 Å². The first-order valence-electron chi connectivity index (χ1n) is 4.98. The molecule has 0 saturated heterocycles. The Balaban J connectivity index is 1.84. The Morgan fingerprint density at radius 2 is 2.29 bits per heavy atom. The van der Waals surface area contributed by atoms with Crippen LogP contribution in [0.2, 0.25) is 0 Å². The van der Waals surface area contributed by atoms with Crippen molar-refractivity contribution in [2.24, 2.45) is 5.92 Å². The van der Waals surface area contributed by atoms with Gasteiger partial charge in [-0.3, -0.25) is 0 Å². The van der Waals surface area contributed by atoms with E-state index in [0.29, 0.717) is 5.88 Å². The van der Waals surface area contributed by atoms with E-state index in [4.69, 9.17) is 4.74 Å². The molecule has 0 unspecified atom stereocenters. The van der Waals surface area contributed by atoms with E-state index in [-0.39, 0.29) is 0 Å². The van der Waals surface area contributed by atoms with Crippen LogP contribution < -0.4 is 10.1 Å². The number of hydrogen-bond donors (Lipinski definition) is 1. The summed E-state index contributed by atoms with van der Waals surface area (Å²) < 4.78 is 5.47. The third kappa shape index (κ3) is 2.67. The van der Waals surface area contributed by atoms with Crippen LogP contribution in [-0.2, 0) is 6.54 Å². The highest BCUT2D eigenvalue weighted by Gasteiger charge is 2.22. The number of hydrogen-bond acceptors (Lipinski definition) is 4.